The number of hydrogen-bond acceptors (Lipinski definition) is 3. The molecule has 1 N–H and O–H groups in total. The molecule has 1 fully saturated rings. The lowest BCUT2D eigenvalue weighted by atomic mass is 9.99. The van der Waals surface area contributed by atoms with Crippen molar-refractivity contribution in [2.45, 2.75) is 19.4 Å². The first-order valence-corrected chi connectivity index (χ1v) is 10.7. The van der Waals surface area contributed by atoms with Crippen molar-refractivity contribution in [3.8, 4) is 0 Å². The minimum absolute atomic E-state index is 0.0725. The summed E-state index contributed by atoms with van der Waals surface area (Å²) in [6.07, 6.45) is 1.15. The third kappa shape index (κ3) is 5.10. The maximum Gasteiger partial charge on any atom is 0.303 e. The zero-order valence-electron chi connectivity index (χ0n) is 16.0. The van der Waals surface area contributed by atoms with Crippen LogP contribution in [-0.4, -0.2) is 38.8 Å². The highest BCUT2D eigenvalue weighted by molar-refractivity contribution is 7.90. The van der Waals surface area contributed by atoms with Crippen LogP contribution in [0.5, 0.6) is 0 Å². The van der Waals surface area contributed by atoms with Crippen molar-refractivity contribution in [3.05, 3.63) is 65.7 Å². The fraction of sp³-hybridized carbons (Fsp3) is 0.350. The molecule has 9 heteroatoms. The molecule has 2 aromatic rings. The molecule has 0 unspecified atom stereocenters. The highest BCUT2D eigenvalue weighted by Gasteiger charge is 2.34. The summed E-state index contributed by atoms with van der Waals surface area (Å²) in [6, 6.07) is 11.0. The van der Waals surface area contributed by atoms with Crippen molar-refractivity contribution in [1.82, 2.24) is 9.62 Å². The normalized spacial score (nSPS) is 17.7. The van der Waals surface area contributed by atoms with Crippen molar-refractivity contribution in [2.24, 2.45) is 5.92 Å². The van der Waals surface area contributed by atoms with E-state index < -0.39 is 21.9 Å². The van der Waals surface area contributed by atoms with Crippen LogP contribution in [0.1, 0.15) is 18.4 Å². The summed E-state index contributed by atoms with van der Waals surface area (Å²) in [5.41, 5.74) is 1.10. The van der Waals surface area contributed by atoms with Gasteiger partial charge in [-0.1, -0.05) is 12.1 Å². The Balaban J connectivity index is 1.63. The number of carbonyl (C=O) groups excluding carboxylic acids is 1. The number of nitrogens with one attached hydrogen (secondary N) is 1. The molecule has 0 aromatic heterocycles. The van der Waals surface area contributed by atoms with Gasteiger partial charge in [-0.3, -0.25) is 9.10 Å². The maximum absolute atomic E-state index is 13.1. The van der Waals surface area contributed by atoms with E-state index in [-0.39, 0.29) is 24.8 Å². The lowest BCUT2D eigenvalue weighted by Gasteiger charge is -2.34. The van der Waals surface area contributed by atoms with Crippen molar-refractivity contribution in [1.29, 1.82) is 0 Å². The fourth-order valence-electron chi connectivity index (χ4n) is 3.26. The van der Waals surface area contributed by atoms with Gasteiger partial charge in [0, 0.05) is 26.7 Å². The van der Waals surface area contributed by atoms with Gasteiger partial charge in [-0.25, -0.2) is 8.78 Å². The Morgan fingerprint density at radius 2 is 1.69 bits per heavy atom. The van der Waals surface area contributed by atoms with Crippen LogP contribution >= 0.6 is 0 Å². The molecule has 156 valence electrons. The van der Waals surface area contributed by atoms with Gasteiger partial charge in [0.25, 0.3) is 0 Å². The second-order valence-electron chi connectivity index (χ2n) is 6.99. The second kappa shape index (κ2) is 8.87. The third-order valence-corrected chi connectivity index (χ3v) is 6.88. The van der Waals surface area contributed by atoms with Crippen molar-refractivity contribution in [3.63, 3.8) is 0 Å². The van der Waals surface area contributed by atoms with Gasteiger partial charge in [-0.05, 0) is 54.8 Å². The molecule has 2 aromatic carbocycles. The number of amides is 1. The van der Waals surface area contributed by atoms with Crippen LogP contribution in [-0.2, 0) is 21.5 Å². The van der Waals surface area contributed by atoms with Crippen molar-refractivity contribution < 1.29 is 22.0 Å². The molecule has 1 heterocycles. The van der Waals surface area contributed by atoms with Crippen molar-refractivity contribution >= 4 is 21.8 Å². The van der Waals surface area contributed by atoms with Gasteiger partial charge in [-0.15, -0.1) is 0 Å². The van der Waals surface area contributed by atoms with Gasteiger partial charge in [0.2, 0.25) is 5.91 Å². The van der Waals surface area contributed by atoms with Gasteiger partial charge in [0.15, 0.2) is 0 Å². The number of benzene rings is 2. The first kappa shape index (κ1) is 21.2. The number of anilines is 1. The number of hydrogen-bond donors (Lipinski definition) is 1. The van der Waals surface area contributed by atoms with E-state index in [0.717, 1.165) is 9.87 Å². The minimum Gasteiger partial charge on any atom is -0.352 e. The monoisotopic (exact) mass is 423 g/mol. The zero-order chi connectivity index (χ0) is 21.0. The zero-order valence-corrected chi connectivity index (χ0v) is 16.8. The van der Waals surface area contributed by atoms with E-state index in [2.05, 4.69) is 5.32 Å². The molecule has 29 heavy (non-hydrogen) atoms. The standard InChI is InChI=1S/C20H23F2N3O3S/c1-24(19-10-8-18(22)9-11-19)29(27,28)25-12-2-3-16(14-25)20(26)23-13-15-4-6-17(21)7-5-15/h4-11,16H,2-3,12-14H2,1H3,(H,23,26)/t16-/m1/s1. The summed E-state index contributed by atoms with van der Waals surface area (Å²) < 4.78 is 54.3. The summed E-state index contributed by atoms with van der Waals surface area (Å²) >= 11 is 0. The van der Waals surface area contributed by atoms with Crippen molar-refractivity contribution in [2.75, 3.05) is 24.4 Å². The van der Waals surface area contributed by atoms with Crippen LogP contribution in [0.2, 0.25) is 0 Å². The molecule has 0 saturated carbocycles. The first-order chi connectivity index (χ1) is 13.8. The highest BCUT2D eigenvalue weighted by Crippen LogP contribution is 2.24. The number of rotatable bonds is 6. The lowest BCUT2D eigenvalue weighted by Crippen LogP contribution is -2.49. The number of piperidine rings is 1. The van der Waals surface area contributed by atoms with Gasteiger partial charge >= 0.3 is 10.2 Å². The Labute approximate surface area is 169 Å². The SMILES string of the molecule is CN(c1ccc(F)cc1)S(=O)(=O)N1CCC[C@@H](C(=O)NCc2ccc(F)cc2)C1. The average Bonchev–Trinajstić information content (AvgIpc) is 2.73. The van der Waals surface area contributed by atoms with E-state index in [1.165, 1.54) is 47.8 Å². The Hall–Kier alpha value is -2.52. The van der Waals surface area contributed by atoms with Gasteiger partial charge in [-0.2, -0.15) is 12.7 Å². The molecule has 0 spiro atoms. The Morgan fingerprint density at radius 3 is 2.31 bits per heavy atom. The van der Waals surface area contributed by atoms with Gasteiger partial charge in [0.1, 0.15) is 11.6 Å². The highest BCUT2D eigenvalue weighted by atomic mass is 32.2. The molecule has 6 nitrogen and oxygen atoms in total. The van der Waals surface area contributed by atoms with E-state index in [9.17, 15) is 22.0 Å². The van der Waals surface area contributed by atoms with Crippen LogP contribution in [0.15, 0.2) is 48.5 Å². The number of halogens is 2. The van der Waals surface area contributed by atoms with Gasteiger partial charge in [0.05, 0.1) is 11.6 Å². The summed E-state index contributed by atoms with van der Waals surface area (Å²) in [5.74, 6) is -1.51. The number of carbonyl (C=O) groups is 1. The molecule has 0 radical (unpaired) electrons. The van der Waals surface area contributed by atoms with Crippen LogP contribution in [0.3, 0.4) is 0 Å². The van der Waals surface area contributed by atoms with Crippen LogP contribution in [0, 0.1) is 17.6 Å². The minimum atomic E-state index is -3.84. The largest absolute Gasteiger partial charge is 0.352 e. The average molecular weight is 423 g/mol. The predicted molar refractivity (Wildman–Crippen MR) is 106 cm³/mol. The molecular formula is C20H23F2N3O3S. The quantitative estimate of drug-likeness (QED) is 0.777. The lowest BCUT2D eigenvalue weighted by molar-refractivity contribution is -0.126. The van der Waals surface area contributed by atoms with E-state index in [1.54, 1.807) is 12.1 Å². The molecule has 0 aliphatic carbocycles. The summed E-state index contributed by atoms with van der Waals surface area (Å²) in [6.45, 7) is 0.635. The molecule has 1 aliphatic heterocycles. The maximum atomic E-state index is 13.1. The van der Waals surface area contributed by atoms with E-state index in [0.29, 0.717) is 25.1 Å². The smallest absolute Gasteiger partial charge is 0.303 e. The second-order valence-corrected chi connectivity index (χ2v) is 8.95. The summed E-state index contributed by atoms with van der Waals surface area (Å²) in [7, 11) is -2.44. The van der Waals surface area contributed by atoms with Gasteiger partial charge < -0.3 is 5.32 Å². The molecule has 1 amide bonds. The predicted octanol–water partition coefficient (Wildman–Crippen LogP) is 2.67. The molecule has 1 atom stereocenters. The van der Waals surface area contributed by atoms with Crippen LogP contribution in [0.4, 0.5) is 14.5 Å². The van der Waals surface area contributed by atoms with E-state index in [4.69, 9.17) is 0 Å². The Bertz CT molecular complexity index is 950. The first-order valence-electron chi connectivity index (χ1n) is 9.29. The third-order valence-electron chi connectivity index (χ3n) is 5.00. The van der Waals surface area contributed by atoms with E-state index in [1.807, 2.05) is 0 Å². The Kier molecular flexibility index (Phi) is 6.49. The van der Waals surface area contributed by atoms with Crippen LogP contribution in [0.25, 0.3) is 0 Å². The van der Waals surface area contributed by atoms with E-state index >= 15 is 0 Å². The fourth-order valence-corrected chi connectivity index (χ4v) is 4.72. The molecular weight excluding hydrogens is 400 g/mol. The summed E-state index contributed by atoms with van der Waals surface area (Å²) in [4.78, 5) is 12.5. The molecule has 1 aliphatic rings. The molecule has 3 rings (SSSR count). The topological polar surface area (TPSA) is 69.7 Å². The summed E-state index contributed by atoms with van der Waals surface area (Å²) in [5, 5.41) is 2.79. The molecule has 0 bridgehead atoms. The number of nitrogens with zero attached hydrogens (tertiary/aromatic N) is 2. The molecule has 1 saturated heterocycles. The Morgan fingerprint density at radius 1 is 1.10 bits per heavy atom. The van der Waals surface area contributed by atoms with Crippen LogP contribution < -0.4 is 9.62 Å².